The first-order valence-corrected chi connectivity index (χ1v) is 7.05. The Balaban J connectivity index is 2.34. The van der Waals surface area contributed by atoms with Gasteiger partial charge in [-0.25, -0.2) is 0 Å². The van der Waals surface area contributed by atoms with E-state index in [2.05, 4.69) is 13.8 Å². The van der Waals surface area contributed by atoms with E-state index in [9.17, 15) is 10.2 Å². The Kier molecular flexibility index (Phi) is 6.37. The van der Waals surface area contributed by atoms with Gasteiger partial charge in [-0.3, -0.25) is 0 Å². The van der Waals surface area contributed by atoms with Gasteiger partial charge in [-0.15, -0.1) is 0 Å². The molecule has 0 bridgehead atoms. The van der Waals surface area contributed by atoms with Crippen LogP contribution in [-0.2, 0) is 0 Å². The summed E-state index contributed by atoms with van der Waals surface area (Å²) in [5.41, 5.74) is 0. The number of hydrogen-bond donors (Lipinski definition) is 2. The SMILES string of the molecule is CCC(CC)C(O)C(O)CC1CCCCC1. The highest BCUT2D eigenvalue weighted by molar-refractivity contribution is 4.78. The van der Waals surface area contributed by atoms with E-state index in [0.717, 1.165) is 19.3 Å². The van der Waals surface area contributed by atoms with Gasteiger partial charge < -0.3 is 10.2 Å². The van der Waals surface area contributed by atoms with E-state index in [1.165, 1.54) is 32.1 Å². The van der Waals surface area contributed by atoms with Gasteiger partial charge in [0.15, 0.2) is 0 Å². The third-order valence-corrected chi connectivity index (χ3v) is 4.23. The average molecular weight is 228 g/mol. The van der Waals surface area contributed by atoms with E-state index in [0.29, 0.717) is 5.92 Å². The predicted octanol–water partition coefficient (Wildman–Crippen LogP) is 3.11. The van der Waals surface area contributed by atoms with Gasteiger partial charge in [-0.1, -0.05) is 58.8 Å². The summed E-state index contributed by atoms with van der Waals surface area (Å²) >= 11 is 0. The Labute approximate surface area is 100 Å². The second kappa shape index (κ2) is 7.29. The maximum Gasteiger partial charge on any atom is 0.0827 e. The Morgan fingerprint density at radius 2 is 1.56 bits per heavy atom. The van der Waals surface area contributed by atoms with Crippen LogP contribution in [0.1, 0.15) is 65.2 Å². The Hall–Kier alpha value is -0.0800. The van der Waals surface area contributed by atoms with Gasteiger partial charge in [0.2, 0.25) is 0 Å². The lowest BCUT2D eigenvalue weighted by Crippen LogP contribution is -2.34. The number of hydrogen-bond acceptors (Lipinski definition) is 2. The zero-order chi connectivity index (χ0) is 12.0. The molecule has 0 aromatic carbocycles. The van der Waals surface area contributed by atoms with E-state index in [1.54, 1.807) is 0 Å². The van der Waals surface area contributed by atoms with E-state index < -0.39 is 12.2 Å². The fraction of sp³-hybridized carbons (Fsp3) is 1.00. The molecule has 2 atom stereocenters. The molecule has 96 valence electrons. The molecule has 0 radical (unpaired) electrons. The van der Waals surface area contributed by atoms with Crippen molar-refractivity contribution in [2.75, 3.05) is 0 Å². The molecule has 1 saturated carbocycles. The van der Waals surface area contributed by atoms with Gasteiger partial charge in [0, 0.05) is 0 Å². The van der Waals surface area contributed by atoms with Gasteiger partial charge in [0.1, 0.15) is 0 Å². The van der Waals surface area contributed by atoms with Gasteiger partial charge in [0.05, 0.1) is 12.2 Å². The Morgan fingerprint density at radius 3 is 2.06 bits per heavy atom. The molecule has 2 heteroatoms. The smallest absolute Gasteiger partial charge is 0.0827 e. The van der Waals surface area contributed by atoms with Crippen molar-refractivity contribution in [1.29, 1.82) is 0 Å². The van der Waals surface area contributed by atoms with E-state index in [1.807, 2.05) is 0 Å². The van der Waals surface area contributed by atoms with Crippen LogP contribution in [0, 0.1) is 11.8 Å². The zero-order valence-electron chi connectivity index (χ0n) is 10.9. The molecule has 2 nitrogen and oxygen atoms in total. The van der Waals surface area contributed by atoms with Gasteiger partial charge in [0.25, 0.3) is 0 Å². The highest BCUT2D eigenvalue weighted by Gasteiger charge is 2.26. The molecular formula is C14H28O2. The Bertz CT molecular complexity index is 172. The minimum Gasteiger partial charge on any atom is -0.390 e. The first kappa shape index (κ1) is 14.0. The molecule has 0 aromatic heterocycles. The number of aliphatic hydroxyl groups excluding tert-OH is 2. The van der Waals surface area contributed by atoms with Gasteiger partial charge >= 0.3 is 0 Å². The third kappa shape index (κ3) is 4.06. The van der Waals surface area contributed by atoms with Crippen molar-refractivity contribution in [2.45, 2.75) is 77.4 Å². The second-order valence-electron chi connectivity index (χ2n) is 5.37. The zero-order valence-corrected chi connectivity index (χ0v) is 10.9. The third-order valence-electron chi connectivity index (χ3n) is 4.23. The van der Waals surface area contributed by atoms with Crippen molar-refractivity contribution in [1.82, 2.24) is 0 Å². The maximum absolute atomic E-state index is 10.1. The molecule has 1 aliphatic rings. The van der Waals surface area contributed by atoms with Crippen LogP contribution in [0.15, 0.2) is 0 Å². The molecule has 0 aromatic rings. The van der Waals surface area contributed by atoms with Crippen LogP contribution < -0.4 is 0 Å². The van der Waals surface area contributed by atoms with E-state index in [4.69, 9.17) is 0 Å². The fourth-order valence-electron chi connectivity index (χ4n) is 2.99. The Morgan fingerprint density at radius 1 is 1.00 bits per heavy atom. The molecule has 2 N–H and O–H groups in total. The molecule has 16 heavy (non-hydrogen) atoms. The van der Waals surface area contributed by atoms with Crippen LogP contribution in [-0.4, -0.2) is 22.4 Å². The highest BCUT2D eigenvalue weighted by atomic mass is 16.3. The summed E-state index contributed by atoms with van der Waals surface area (Å²) in [5.74, 6) is 0.909. The van der Waals surface area contributed by atoms with Crippen LogP contribution >= 0.6 is 0 Å². The second-order valence-corrected chi connectivity index (χ2v) is 5.37. The number of aliphatic hydroxyl groups is 2. The summed E-state index contributed by atoms with van der Waals surface area (Å²) in [4.78, 5) is 0. The van der Waals surface area contributed by atoms with E-state index in [-0.39, 0.29) is 5.92 Å². The van der Waals surface area contributed by atoms with Crippen molar-refractivity contribution >= 4 is 0 Å². The van der Waals surface area contributed by atoms with Gasteiger partial charge in [-0.05, 0) is 18.3 Å². The summed E-state index contributed by atoms with van der Waals surface area (Å²) in [7, 11) is 0. The maximum atomic E-state index is 10.1. The van der Waals surface area contributed by atoms with Crippen molar-refractivity contribution in [3.8, 4) is 0 Å². The van der Waals surface area contributed by atoms with Crippen molar-refractivity contribution in [3.63, 3.8) is 0 Å². The molecule has 1 fully saturated rings. The van der Waals surface area contributed by atoms with Gasteiger partial charge in [-0.2, -0.15) is 0 Å². The monoisotopic (exact) mass is 228 g/mol. The normalized spacial score (nSPS) is 22.3. The topological polar surface area (TPSA) is 40.5 Å². The molecule has 2 unspecified atom stereocenters. The average Bonchev–Trinajstić information content (AvgIpc) is 2.31. The van der Waals surface area contributed by atoms with Crippen molar-refractivity contribution < 1.29 is 10.2 Å². The van der Waals surface area contributed by atoms with Crippen molar-refractivity contribution in [2.24, 2.45) is 11.8 Å². The molecule has 0 heterocycles. The molecule has 0 amide bonds. The summed E-state index contributed by atoms with van der Waals surface area (Å²) in [6.07, 6.45) is 8.14. The summed E-state index contributed by atoms with van der Waals surface area (Å²) < 4.78 is 0. The predicted molar refractivity (Wildman–Crippen MR) is 67.3 cm³/mol. The van der Waals surface area contributed by atoms with Crippen LogP contribution in [0.3, 0.4) is 0 Å². The lowest BCUT2D eigenvalue weighted by molar-refractivity contribution is -0.0328. The minimum absolute atomic E-state index is 0.263. The van der Waals surface area contributed by atoms with E-state index >= 15 is 0 Å². The highest BCUT2D eigenvalue weighted by Crippen LogP contribution is 2.29. The molecular weight excluding hydrogens is 200 g/mol. The molecule has 1 aliphatic carbocycles. The van der Waals surface area contributed by atoms with Crippen LogP contribution in [0.5, 0.6) is 0 Å². The molecule has 1 rings (SSSR count). The van der Waals surface area contributed by atoms with Crippen LogP contribution in [0.2, 0.25) is 0 Å². The lowest BCUT2D eigenvalue weighted by atomic mass is 9.82. The van der Waals surface area contributed by atoms with Crippen LogP contribution in [0.4, 0.5) is 0 Å². The summed E-state index contributed by atoms with van der Waals surface area (Å²) in [6, 6.07) is 0. The molecule has 0 saturated heterocycles. The largest absolute Gasteiger partial charge is 0.390 e. The van der Waals surface area contributed by atoms with Crippen LogP contribution in [0.25, 0.3) is 0 Å². The summed E-state index contributed by atoms with van der Waals surface area (Å²) in [6.45, 7) is 4.18. The first-order valence-electron chi connectivity index (χ1n) is 7.05. The fourth-order valence-corrected chi connectivity index (χ4v) is 2.99. The molecule has 0 aliphatic heterocycles. The van der Waals surface area contributed by atoms with Crippen molar-refractivity contribution in [3.05, 3.63) is 0 Å². The quantitative estimate of drug-likeness (QED) is 0.733. The number of rotatable bonds is 6. The minimum atomic E-state index is -0.517. The summed E-state index contributed by atoms with van der Waals surface area (Å²) in [5, 5.41) is 20.1. The molecule has 0 spiro atoms. The lowest BCUT2D eigenvalue weighted by Gasteiger charge is -2.29. The first-order chi connectivity index (χ1) is 7.69. The standard InChI is InChI=1S/C14H28O2/c1-3-12(4-2)14(16)13(15)10-11-8-6-5-7-9-11/h11-16H,3-10H2,1-2H3.